The molecule has 0 radical (unpaired) electrons. The van der Waals surface area contributed by atoms with E-state index in [2.05, 4.69) is 4.98 Å². The molecular formula is C23H19F2N3O4S2. The van der Waals surface area contributed by atoms with Gasteiger partial charge in [0.1, 0.15) is 29.6 Å². The molecule has 0 atom stereocenters. The van der Waals surface area contributed by atoms with Crippen molar-refractivity contribution in [2.45, 2.75) is 6.61 Å². The summed E-state index contributed by atoms with van der Waals surface area (Å²) in [6.07, 6.45) is 0. The molecule has 0 fully saturated rings. The molecule has 7 nitrogen and oxygen atoms in total. The van der Waals surface area contributed by atoms with Gasteiger partial charge in [-0.1, -0.05) is 12.1 Å². The molecule has 2 aromatic heterocycles. The number of benzene rings is 2. The largest absolute Gasteiger partial charge is 0.486 e. The number of rotatable bonds is 9. The Kier molecular flexibility index (Phi) is 7.15. The average Bonchev–Trinajstić information content (AvgIpc) is 3.50. The number of fused-ring (bicyclic) bond motifs is 1. The zero-order chi connectivity index (χ0) is 24.2. The quantitative estimate of drug-likeness (QED) is 0.351. The highest BCUT2D eigenvalue weighted by atomic mass is 32.1. The summed E-state index contributed by atoms with van der Waals surface area (Å²) in [5, 5.41) is 13.0. The van der Waals surface area contributed by atoms with E-state index in [9.17, 15) is 18.4 Å². The van der Waals surface area contributed by atoms with Crippen LogP contribution in [0.5, 0.6) is 5.75 Å². The second-order valence-corrected chi connectivity index (χ2v) is 9.09. The minimum Gasteiger partial charge on any atom is -0.486 e. The third-order valence-corrected chi connectivity index (χ3v) is 6.71. The first-order valence-electron chi connectivity index (χ1n) is 10.1. The van der Waals surface area contributed by atoms with Crippen molar-refractivity contribution < 1.29 is 28.2 Å². The van der Waals surface area contributed by atoms with Crippen LogP contribution in [0.4, 0.5) is 8.78 Å². The van der Waals surface area contributed by atoms with Gasteiger partial charge in [-0.3, -0.25) is 9.59 Å². The maximum atomic E-state index is 14.0. The number of carbonyl (C=O) groups is 2. The molecule has 0 saturated carbocycles. The lowest BCUT2D eigenvalue weighted by Gasteiger charge is -2.18. The van der Waals surface area contributed by atoms with E-state index in [1.807, 2.05) is 0 Å². The molecule has 0 aliphatic heterocycles. The minimum atomic E-state index is -1.13. The minimum absolute atomic E-state index is 0.105. The lowest BCUT2D eigenvalue weighted by molar-refractivity contribution is -0.137. The Morgan fingerprint density at radius 1 is 1.15 bits per heavy atom. The number of hydrogen-bond donors (Lipinski definition) is 2. The van der Waals surface area contributed by atoms with Gasteiger partial charge >= 0.3 is 5.97 Å². The van der Waals surface area contributed by atoms with Crippen LogP contribution in [0.1, 0.15) is 15.5 Å². The molecule has 176 valence electrons. The van der Waals surface area contributed by atoms with E-state index in [-0.39, 0.29) is 30.8 Å². The van der Waals surface area contributed by atoms with E-state index in [1.54, 1.807) is 41.1 Å². The Balaban J connectivity index is 1.43. The number of hydrogen-bond acceptors (Lipinski definition) is 7. The maximum absolute atomic E-state index is 14.0. The summed E-state index contributed by atoms with van der Waals surface area (Å²) in [7, 11) is 0. The van der Waals surface area contributed by atoms with Crippen LogP contribution >= 0.6 is 22.7 Å². The van der Waals surface area contributed by atoms with Gasteiger partial charge in [-0.15, -0.1) is 22.7 Å². The van der Waals surface area contributed by atoms with Gasteiger partial charge in [-0.05, 0) is 35.2 Å². The first-order valence-corrected chi connectivity index (χ1v) is 11.9. The summed E-state index contributed by atoms with van der Waals surface area (Å²) in [4.78, 5) is 28.9. The van der Waals surface area contributed by atoms with E-state index in [4.69, 9.17) is 15.6 Å². The number of carbonyl (C=O) groups excluding carboxylic acids is 1. The van der Waals surface area contributed by atoms with E-state index < -0.39 is 30.1 Å². The van der Waals surface area contributed by atoms with E-state index >= 15 is 0 Å². The predicted molar refractivity (Wildman–Crippen MR) is 126 cm³/mol. The van der Waals surface area contributed by atoms with E-state index in [0.29, 0.717) is 21.0 Å². The van der Waals surface area contributed by atoms with Crippen LogP contribution in [-0.4, -0.2) is 46.5 Å². The van der Waals surface area contributed by atoms with Gasteiger partial charge in [0.25, 0.3) is 5.91 Å². The Hall–Kier alpha value is -3.41. The van der Waals surface area contributed by atoms with Gasteiger partial charge in [-0.25, -0.2) is 13.8 Å². The molecule has 0 bridgehead atoms. The summed E-state index contributed by atoms with van der Waals surface area (Å²) in [6, 6.07) is 9.69. The van der Waals surface area contributed by atoms with Crippen molar-refractivity contribution >= 4 is 44.6 Å². The normalized spacial score (nSPS) is 11.0. The van der Waals surface area contributed by atoms with Crippen LogP contribution in [-0.2, 0) is 11.4 Å². The zero-order valence-corrected chi connectivity index (χ0v) is 19.3. The highest BCUT2D eigenvalue weighted by Gasteiger charge is 2.21. The van der Waals surface area contributed by atoms with E-state index in [0.717, 1.165) is 10.5 Å². The van der Waals surface area contributed by atoms with Gasteiger partial charge in [0.15, 0.2) is 11.6 Å². The van der Waals surface area contributed by atoms with Gasteiger partial charge < -0.3 is 20.5 Å². The number of aliphatic carboxylic acids is 1. The van der Waals surface area contributed by atoms with Crippen LogP contribution in [0.3, 0.4) is 0 Å². The summed E-state index contributed by atoms with van der Waals surface area (Å²) < 4.78 is 34.4. The van der Waals surface area contributed by atoms with Crippen LogP contribution in [0.2, 0.25) is 0 Å². The van der Waals surface area contributed by atoms with Crippen molar-refractivity contribution in [1.29, 1.82) is 0 Å². The third-order valence-electron chi connectivity index (χ3n) is 4.94. The number of carboxylic acids is 1. The topological polar surface area (TPSA) is 106 Å². The van der Waals surface area contributed by atoms with Gasteiger partial charge in [0.2, 0.25) is 0 Å². The predicted octanol–water partition coefficient (Wildman–Crippen LogP) is 4.37. The van der Waals surface area contributed by atoms with Crippen LogP contribution in [0, 0.1) is 11.6 Å². The Morgan fingerprint density at radius 3 is 2.62 bits per heavy atom. The number of aromatic nitrogens is 1. The molecule has 4 rings (SSSR count). The molecular weight excluding hydrogens is 484 g/mol. The Bertz CT molecular complexity index is 1340. The molecule has 0 aliphatic carbocycles. The monoisotopic (exact) mass is 503 g/mol. The molecule has 2 aromatic carbocycles. The maximum Gasteiger partial charge on any atom is 0.323 e. The van der Waals surface area contributed by atoms with Gasteiger partial charge in [0.05, 0.1) is 0 Å². The first-order chi connectivity index (χ1) is 16.4. The molecule has 3 N–H and O–H groups in total. The fourth-order valence-corrected chi connectivity index (χ4v) is 4.98. The number of amides is 1. The number of thiazole rings is 1. The molecule has 0 spiro atoms. The summed E-state index contributed by atoms with van der Waals surface area (Å²) in [6.45, 7) is -0.108. The highest BCUT2D eigenvalue weighted by molar-refractivity contribution is 7.17. The number of nitrogens with two attached hydrogens (primary N) is 1. The highest BCUT2D eigenvalue weighted by Crippen LogP contribution is 2.36. The zero-order valence-electron chi connectivity index (χ0n) is 17.7. The number of carboxylic acid groups (broad SMARTS) is 1. The van der Waals surface area contributed by atoms with Crippen molar-refractivity contribution in [3.63, 3.8) is 0 Å². The average molecular weight is 504 g/mol. The summed E-state index contributed by atoms with van der Waals surface area (Å²) in [5.74, 6) is -2.86. The molecule has 11 heteroatoms. The van der Waals surface area contributed by atoms with Crippen molar-refractivity contribution in [3.8, 4) is 16.9 Å². The molecule has 1 amide bonds. The Morgan fingerprint density at radius 2 is 1.91 bits per heavy atom. The molecule has 0 unspecified atom stereocenters. The lowest BCUT2D eigenvalue weighted by atomic mass is 10.0. The molecule has 0 saturated heterocycles. The second-order valence-electron chi connectivity index (χ2n) is 7.23. The standard InChI is InChI=1S/C23H19F2N3O4S2/c24-17-9-16(22-15(21(17)25)5-8-33-22)13-1-3-14(4-2-13)32-11-19-27-18(12-34-19)23(31)28(7-6-26)10-20(29)30/h1-5,8-9,12H,6-7,10-11,26H2,(H,29,30). The molecule has 0 aliphatic rings. The molecule has 4 aromatic rings. The fraction of sp³-hybridized carbons (Fsp3) is 0.174. The van der Waals surface area contributed by atoms with Gasteiger partial charge in [0, 0.05) is 34.1 Å². The Labute approximate surface area is 201 Å². The van der Waals surface area contributed by atoms with Crippen LogP contribution in [0.25, 0.3) is 21.2 Å². The first kappa shape index (κ1) is 23.7. The van der Waals surface area contributed by atoms with Crippen LogP contribution < -0.4 is 10.5 Å². The lowest BCUT2D eigenvalue weighted by Crippen LogP contribution is -2.39. The second kappa shape index (κ2) is 10.2. The molecule has 34 heavy (non-hydrogen) atoms. The smallest absolute Gasteiger partial charge is 0.323 e. The van der Waals surface area contributed by atoms with E-state index in [1.165, 1.54) is 28.7 Å². The number of ether oxygens (including phenoxy) is 1. The van der Waals surface area contributed by atoms with Crippen molar-refractivity contribution in [2.24, 2.45) is 5.73 Å². The summed E-state index contributed by atoms with van der Waals surface area (Å²) >= 11 is 2.56. The molecule has 2 heterocycles. The third kappa shape index (κ3) is 5.06. The number of halogens is 2. The van der Waals surface area contributed by atoms with Crippen LogP contribution in [0.15, 0.2) is 47.2 Å². The number of thiophene rings is 1. The fourth-order valence-electron chi connectivity index (χ4n) is 3.37. The van der Waals surface area contributed by atoms with Crippen molar-refractivity contribution in [2.75, 3.05) is 19.6 Å². The van der Waals surface area contributed by atoms with Gasteiger partial charge in [-0.2, -0.15) is 0 Å². The van der Waals surface area contributed by atoms with Crippen molar-refractivity contribution in [3.05, 3.63) is 69.5 Å². The summed E-state index contributed by atoms with van der Waals surface area (Å²) in [5.41, 5.74) is 6.91. The van der Waals surface area contributed by atoms with Crippen molar-refractivity contribution in [1.82, 2.24) is 9.88 Å². The SMILES string of the molecule is NCCN(CC(=O)O)C(=O)c1csc(COc2ccc(-c3cc(F)c(F)c4ccsc34)cc2)n1. The number of nitrogens with zero attached hydrogens (tertiary/aromatic N) is 2.